The van der Waals surface area contributed by atoms with E-state index in [-0.39, 0.29) is 6.04 Å². The van der Waals surface area contributed by atoms with Gasteiger partial charge in [-0.15, -0.1) is 0 Å². The molecule has 2 aromatic heterocycles. The standard InChI is InChI=1S/C11H18N6/c1-3-17-7-9(5-14-17)4-10(15-12)11-6-13-8-16(11)2/h5-8,10,15H,3-4,12H2,1-2H3. The Kier molecular flexibility index (Phi) is 3.55. The van der Waals surface area contributed by atoms with Crippen LogP contribution >= 0.6 is 0 Å². The molecule has 0 amide bonds. The number of hydrogen-bond acceptors (Lipinski definition) is 4. The molecule has 0 aliphatic heterocycles. The van der Waals surface area contributed by atoms with Crippen LogP contribution < -0.4 is 11.3 Å². The molecule has 6 heteroatoms. The normalized spacial score (nSPS) is 12.9. The van der Waals surface area contributed by atoms with E-state index in [0.29, 0.717) is 0 Å². The van der Waals surface area contributed by atoms with Crippen LogP contribution in [0.1, 0.15) is 24.2 Å². The van der Waals surface area contributed by atoms with Crippen molar-refractivity contribution in [2.75, 3.05) is 0 Å². The zero-order valence-electron chi connectivity index (χ0n) is 10.2. The first-order valence-corrected chi connectivity index (χ1v) is 5.68. The van der Waals surface area contributed by atoms with Crippen molar-refractivity contribution in [3.8, 4) is 0 Å². The summed E-state index contributed by atoms with van der Waals surface area (Å²) in [5.74, 6) is 5.60. The van der Waals surface area contributed by atoms with E-state index in [2.05, 4.69) is 22.4 Å². The maximum Gasteiger partial charge on any atom is 0.0946 e. The smallest absolute Gasteiger partial charge is 0.0946 e. The molecule has 0 radical (unpaired) electrons. The molecule has 17 heavy (non-hydrogen) atoms. The lowest BCUT2D eigenvalue weighted by molar-refractivity contribution is 0.521. The SMILES string of the molecule is CCn1cc(CC(NN)c2cncn2C)cn1. The van der Waals surface area contributed by atoms with Crippen LogP contribution in [0.2, 0.25) is 0 Å². The molecule has 1 unspecified atom stereocenters. The molecule has 0 bridgehead atoms. The van der Waals surface area contributed by atoms with Crippen molar-refractivity contribution in [1.29, 1.82) is 0 Å². The van der Waals surface area contributed by atoms with Crippen molar-refractivity contribution < 1.29 is 0 Å². The number of hydrogen-bond donors (Lipinski definition) is 2. The minimum atomic E-state index is 0.0528. The Morgan fingerprint density at radius 1 is 1.47 bits per heavy atom. The molecule has 0 spiro atoms. The molecule has 0 saturated carbocycles. The van der Waals surface area contributed by atoms with Gasteiger partial charge < -0.3 is 4.57 Å². The zero-order valence-corrected chi connectivity index (χ0v) is 10.2. The minimum absolute atomic E-state index is 0.0528. The highest BCUT2D eigenvalue weighted by Crippen LogP contribution is 2.16. The summed E-state index contributed by atoms with van der Waals surface area (Å²) in [6.45, 7) is 2.95. The van der Waals surface area contributed by atoms with Crippen molar-refractivity contribution in [1.82, 2.24) is 24.8 Å². The highest BCUT2D eigenvalue weighted by molar-refractivity contribution is 5.13. The number of nitrogens with one attached hydrogen (secondary N) is 1. The van der Waals surface area contributed by atoms with Gasteiger partial charge >= 0.3 is 0 Å². The lowest BCUT2D eigenvalue weighted by Gasteiger charge is -2.15. The fourth-order valence-electron chi connectivity index (χ4n) is 1.87. The molecule has 0 aromatic carbocycles. The molecule has 0 fully saturated rings. The number of hydrazine groups is 1. The highest BCUT2D eigenvalue weighted by Gasteiger charge is 2.14. The third kappa shape index (κ3) is 2.54. The summed E-state index contributed by atoms with van der Waals surface area (Å²) in [6.07, 6.45) is 8.32. The lowest BCUT2D eigenvalue weighted by atomic mass is 10.1. The van der Waals surface area contributed by atoms with E-state index in [1.807, 2.05) is 34.9 Å². The van der Waals surface area contributed by atoms with Gasteiger partial charge in [0.05, 0.1) is 24.3 Å². The van der Waals surface area contributed by atoms with Gasteiger partial charge in [0.1, 0.15) is 0 Å². The fourth-order valence-corrected chi connectivity index (χ4v) is 1.87. The van der Waals surface area contributed by atoms with Crippen LogP contribution in [0.5, 0.6) is 0 Å². The molecule has 2 aromatic rings. The summed E-state index contributed by atoms with van der Waals surface area (Å²) < 4.78 is 3.88. The van der Waals surface area contributed by atoms with Crippen LogP contribution in [0, 0.1) is 0 Å². The number of imidazole rings is 1. The second-order valence-corrected chi connectivity index (χ2v) is 4.06. The van der Waals surface area contributed by atoms with Gasteiger partial charge in [-0.25, -0.2) is 4.98 Å². The number of nitrogens with two attached hydrogens (primary N) is 1. The summed E-state index contributed by atoms with van der Waals surface area (Å²) in [6, 6.07) is 0.0528. The Bertz CT molecular complexity index is 472. The topological polar surface area (TPSA) is 73.7 Å². The molecular weight excluding hydrogens is 216 g/mol. The van der Waals surface area contributed by atoms with E-state index in [0.717, 1.165) is 24.2 Å². The van der Waals surface area contributed by atoms with Gasteiger partial charge in [0.2, 0.25) is 0 Å². The van der Waals surface area contributed by atoms with Gasteiger partial charge in [-0.3, -0.25) is 16.0 Å². The quantitative estimate of drug-likeness (QED) is 0.579. The van der Waals surface area contributed by atoms with Crippen LogP contribution in [0.3, 0.4) is 0 Å². The zero-order chi connectivity index (χ0) is 12.3. The summed E-state index contributed by atoms with van der Waals surface area (Å²) in [5.41, 5.74) is 5.05. The Hall–Kier alpha value is -1.66. The van der Waals surface area contributed by atoms with Gasteiger partial charge in [0.15, 0.2) is 0 Å². The first-order valence-electron chi connectivity index (χ1n) is 5.68. The second-order valence-electron chi connectivity index (χ2n) is 4.06. The number of aryl methyl sites for hydroxylation is 2. The fraction of sp³-hybridized carbons (Fsp3) is 0.455. The van der Waals surface area contributed by atoms with Gasteiger partial charge in [0, 0.05) is 26.0 Å². The number of nitrogens with zero attached hydrogens (tertiary/aromatic N) is 4. The molecule has 0 saturated heterocycles. The predicted octanol–water partition coefficient (Wildman–Crippen LogP) is 0.384. The van der Waals surface area contributed by atoms with E-state index < -0.39 is 0 Å². The Balaban J connectivity index is 2.12. The molecule has 0 aliphatic carbocycles. The molecule has 2 rings (SSSR count). The predicted molar refractivity (Wildman–Crippen MR) is 64.9 cm³/mol. The highest BCUT2D eigenvalue weighted by atomic mass is 15.3. The lowest BCUT2D eigenvalue weighted by Crippen LogP contribution is -2.30. The van der Waals surface area contributed by atoms with E-state index >= 15 is 0 Å². The molecule has 3 N–H and O–H groups in total. The van der Waals surface area contributed by atoms with Crippen LogP contribution in [0.4, 0.5) is 0 Å². The number of rotatable bonds is 5. The molecular formula is C11H18N6. The van der Waals surface area contributed by atoms with Crippen molar-refractivity contribution >= 4 is 0 Å². The summed E-state index contributed by atoms with van der Waals surface area (Å²) in [4.78, 5) is 4.10. The van der Waals surface area contributed by atoms with Gasteiger partial charge in [-0.2, -0.15) is 5.10 Å². The summed E-state index contributed by atoms with van der Waals surface area (Å²) in [5, 5.41) is 4.25. The van der Waals surface area contributed by atoms with Crippen LogP contribution in [0.15, 0.2) is 24.9 Å². The van der Waals surface area contributed by atoms with Crippen molar-refractivity contribution in [2.24, 2.45) is 12.9 Å². The van der Waals surface area contributed by atoms with Gasteiger partial charge in [-0.1, -0.05) is 0 Å². The van der Waals surface area contributed by atoms with Crippen molar-refractivity contribution in [3.05, 3.63) is 36.2 Å². The van der Waals surface area contributed by atoms with Crippen molar-refractivity contribution in [3.63, 3.8) is 0 Å². The molecule has 1 atom stereocenters. The van der Waals surface area contributed by atoms with Crippen LogP contribution in [0.25, 0.3) is 0 Å². The molecule has 0 aliphatic rings. The Morgan fingerprint density at radius 2 is 2.29 bits per heavy atom. The first kappa shape index (κ1) is 11.8. The van der Waals surface area contributed by atoms with Gasteiger partial charge in [-0.05, 0) is 18.9 Å². The summed E-state index contributed by atoms with van der Waals surface area (Å²) in [7, 11) is 1.96. The van der Waals surface area contributed by atoms with E-state index in [9.17, 15) is 0 Å². The maximum atomic E-state index is 5.60. The third-order valence-corrected chi connectivity index (χ3v) is 2.86. The monoisotopic (exact) mass is 234 g/mol. The number of aromatic nitrogens is 4. The molecule has 6 nitrogen and oxygen atoms in total. The third-order valence-electron chi connectivity index (χ3n) is 2.86. The first-order chi connectivity index (χ1) is 8.24. The second kappa shape index (κ2) is 5.11. The average molecular weight is 234 g/mol. The van der Waals surface area contributed by atoms with Crippen molar-refractivity contribution in [2.45, 2.75) is 25.9 Å². The van der Waals surface area contributed by atoms with Crippen LogP contribution in [-0.4, -0.2) is 19.3 Å². The summed E-state index contributed by atoms with van der Waals surface area (Å²) >= 11 is 0. The Morgan fingerprint density at radius 3 is 2.82 bits per heavy atom. The van der Waals surface area contributed by atoms with Gasteiger partial charge in [0.25, 0.3) is 0 Å². The Labute approximate surface area is 100 Å². The average Bonchev–Trinajstić information content (AvgIpc) is 2.95. The maximum absolute atomic E-state index is 5.60. The van der Waals surface area contributed by atoms with Crippen LogP contribution in [-0.2, 0) is 20.0 Å². The molecule has 2 heterocycles. The van der Waals surface area contributed by atoms with E-state index in [4.69, 9.17) is 5.84 Å². The van der Waals surface area contributed by atoms with E-state index in [1.165, 1.54) is 0 Å². The van der Waals surface area contributed by atoms with E-state index in [1.54, 1.807) is 6.33 Å². The minimum Gasteiger partial charge on any atom is -0.336 e. The molecule has 92 valence electrons. The largest absolute Gasteiger partial charge is 0.336 e.